The maximum atomic E-state index is 13.2. The maximum absolute atomic E-state index is 13.2. The number of carboxylic acids is 1. The van der Waals surface area contributed by atoms with E-state index in [9.17, 15) is 19.5 Å². The third-order valence-electron chi connectivity index (χ3n) is 6.12. The lowest BCUT2D eigenvalue weighted by molar-refractivity contribution is -0.138. The zero-order valence-corrected chi connectivity index (χ0v) is 20.7. The Morgan fingerprint density at radius 3 is 2.40 bits per heavy atom. The molecule has 9 heteroatoms. The summed E-state index contributed by atoms with van der Waals surface area (Å²) in [5.74, 6) is 0.131. The van der Waals surface area contributed by atoms with Gasteiger partial charge in [0.05, 0.1) is 33.1 Å². The Labute approximate surface area is 204 Å². The number of carboxylic acid groups (broad SMARTS) is 1. The van der Waals surface area contributed by atoms with E-state index in [4.69, 9.17) is 14.2 Å². The third-order valence-corrected chi connectivity index (χ3v) is 6.12. The Morgan fingerprint density at radius 2 is 1.83 bits per heavy atom. The minimum Gasteiger partial charge on any atom is -0.493 e. The molecule has 0 saturated carbocycles. The first-order valence-electron chi connectivity index (χ1n) is 11.5. The number of amides is 1. The highest BCUT2D eigenvalue weighted by Gasteiger charge is 2.29. The lowest BCUT2D eigenvalue weighted by Gasteiger charge is -2.19. The van der Waals surface area contributed by atoms with Crippen LogP contribution in [0.4, 0.5) is 5.69 Å². The molecular formula is C26H32N2O7. The minimum atomic E-state index is -1.03. The van der Waals surface area contributed by atoms with Crippen LogP contribution >= 0.6 is 0 Å². The Hall–Kier alpha value is -3.75. The topological polar surface area (TPSA) is 123 Å². The molecule has 0 saturated heterocycles. The van der Waals surface area contributed by atoms with Gasteiger partial charge in [-0.3, -0.25) is 9.59 Å². The van der Waals surface area contributed by atoms with Gasteiger partial charge >= 0.3 is 5.97 Å². The molecule has 9 nitrogen and oxygen atoms in total. The van der Waals surface area contributed by atoms with Gasteiger partial charge in [-0.1, -0.05) is 19.4 Å². The number of rotatable bonds is 9. The Morgan fingerprint density at radius 1 is 1.11 bits per heavy atom. The van der Waals surface area contributed by atoms with Crippen LogP contribution < -0.4 is 30.3 Å². The fraction of sp³-hybridized carbons (Fsp3) is 0.423. The molecule has 1 aliphatic rings. The second-order valence-corrected chi connectivity index (χ2v) is 8.42. The van der Waals surface area contributed by atoms with Gasteiger partial charge in [0.15, 0.2) is 11.5 Å². The molecular weight excluding hydrogens is 452 g/mol. The third kappa shape index (κ3) is 5.34. The van der Waals surface area contributed by atoms with Gasteiger partial charge in [0, 0.05) is 12.5 Å². The van der Waals surface area contributed by atoms with Crippen LogP contribution in [-0.4, -0.2) is 44.4 Å². The fourth-order valence-electron chi connectivity index (χ4n) is 4.56. The van der Waals surface area contributed by atoms with E-state index in [2.05, 4.69) is 10.6 Å². The molecule has 2 aromatic carbocycles. The molecule has 0 spiro atoms. The van der Waals surface area contributed by atoms with Crippen molar-refractivity contribution >= 4 is 17.6 Å². The Balaban J connectivity index is 2.32. The van der Waals surface area contributed by atoms with Crippen LogP contribution in [0.1, 0.15) is 50.3 Å². The minimum absolute atomic E-state index is 0.168. The van der Waals surface area contributed by atoms with Crippen molar-refractivity contribution in [2.24, 2.45) is 0 Å². The number of aryl methyl sites for hydroxylation is 1. The van der Waals surface area contributed by atoms with Gasteiger partial charge in [0.2, 0.25) is 17.1 Å². The molecule has 0 bridgehead atoms. The van der Waals surface area contributed by atoms with Gasteiger partial charge in [-0.05, 0) is 54.2 Å². The number of anilines is 1. The molecule has 2 atom stereocenters. The van der Waals surface area contributed by atoms with Crippen LogP contribution in [0, 0.1) is 0 Å². The molecule has 0 aromatic heterocycles. The normalized spacial score (nSPS) is 15.1. The lowest BCUT2D eigenvalue weighted by atomic mass is 9.95. The monoisotopic (exact) mass is 484 g/mol. The van der Waals surface area contributed by atoms with Crippen LogP contribution in [0.15, 0.2) is 29.1 Å². The van der Waals surface area contributed by atoms with Gasteiger partial charge in [-0.15, -0.1) is 0 Å². The number of carbonyl (C=O) groups is 2. The number of fused-ring (bicyclic) bond motifs is 3. The molecule has 0 aliphatic heterocycles. The summed E-state index contributed by atoms with van der Waals surface area (Å²) in [4.78, 5) is 36.9. The van der Waals surface area contributed by atoms with E-state index in [0.717, 1.165) is 11.1 Å². The number of ether oxygens (including phenoxy) is 3. The van der Waals surface area contributed by atoms with Crippen molar-refractivity contribution in [3.05, 3.63) is 45.6 Å². The van der Waals surface area contributed by atoms with E-state index in [1.807, 2.05) is 13.0 Å². The van der Waals surface area contributed by atoms with Crippen molar-refractivity contribution in [3.8, 4) is 28.4 Å². The highest BCUT2D eigenvalue weighted by molar-refractivity contribution is 5.84. The highest BCUT2D eigenvalue weighted by atomic mass is 16.5. The largest absolute Gasteiger partial charge is 0.493 e. The van der Waals surface area contributed by atoms with E-state index in [-0.39, 0.29) is 17.0 Å². The van der Waals surface area contributed by atoms with Crippen molar-refractivity contribution in [2.75, 3.05) is 26.6 Å². The smallest absolute Gasteiger partial charge is 0.326 e. The predicted molar refractivity (Wildman–Crippen MR) is 133 cm³/mol. The summed E-state index contributed by atoms with van der Waals surface area (Å²) in [6.45, 7) is 3.31. The molecule has 2 aromatic rings. The fourth-order valence-corrected chi connectivity index (χ4v) is 4.56. The Bertz CT molecular complexity index is 1180. The van der Waals surface area contributed by atoms with Crippen LogP contribution in [0.5, 0.6) is 17.2 Å². The molecule has 3 N–H and O–H groups in total. The van der Waals surface area contributed by atoms with E-state index < -0.39 is 18.1 Å². The maximum Gasteiger partial charge on any atom is 0.326 e. The number of methoxy groups -OCH3 is 3. The number of hydrogen-bond donors (Lipinski definition) is 3. The number of aliphatic carboxylic acids is 1. The van der Waals surface area contributed by atoms with Crippen LogP contribution in [0.25, 0.3) is 11.1 Å². The van der Waals surface area contributed by atoms with E-state index >= 15 is 0 Å². The summed E-state index contributed by atoms with van der Waals surface area (Å²) in [6.07, 6.45) is 2.14. The number of carbonyl (C=O) groups excluding carboxylic acids is 1. The zero-order valence-electron chi connectivity index (χ0n) is 20.7. The molecule has 3 rings (SSSR count). The summed E-state index contributed by atoms with van der Waals surface area (Å²) >= 11 is 0. The van der Waals surface area contributed by atoms with E-state index in [1.54, 1.807) is 19.2 Å². The molecule has 1 aliphatic carbocycles. The number of benzene rings is 1. The second-order valence-electron chi connectivity index (χ2n) is 8.42. The summed E-state index contributed by atoms with van der Waals surface area (Å²) in [6, 6.07) is 5.36. The number of hydrogen-bond acceptors (Lipinski definition) is 7. The second kappa shape index (κ2) is 11.1. The van der Waals surface area contributed by atoms with Crippen LogP contribution in [0.3, 0.4) is 0 Å². The highest BCUT2D eigenvalue weighted by Crippen LogP contribution is 2.50. The number of nitrogens with one attached hydrogen (secondary N) is 2. The molecule has 188 valence electrons. The SMILES string of the molecule is CCCC(Nc1ccc2c(cc1=O)C(NC(C)=O)CCc1cc(OC)c(OC)c(OC)c1-2)C(=O)O. The summed E-state index contributed by atoms with van der Waals surface area (Å²) < 4.78 is 16.9. The first-order valence-corrected chi connectivity index (χ1v) is 11.5. The average molecular weight is 485 g/mol. The van der Waals surface area contributed by atoms with Crippen LogP contribution in [-0.2, 0) is 16.0 Å². The van der Waals surface area contributed by atoms with Gasteiger partial charge in [0.25, 0.3) is 0 Å². The quantitative estimate of drug-likeness (QED) is 0.494. The van der Waals surface area contributed by atoms with Crippen molar-refractivity contribution in [2.45, 2.75) is 51.6 Å². The van der Waals surface area contributed by atoms with Crippen molar-refractivity contribution in [1.82, 2.24) is 5.32 Å². The molecule has 2 unspecified atom stereocenters. The Kier molecular flexibility index (Phi) is 8.22. The first kappa shape index (κ1) is 25.9. The molecule has 35 heavy (non-hydrogen) atoms. The summed E-state index contributed by atoms with van der Waals surface area (Å²) in [5.41, 5.74) is 2.74. The summed E-state index contributed by atoms with van der Waals surface area (Å²) in [5, 5.41) is 15.4. The van der Waals surface area contributed by atoms with Gasteiger partial charge < -0.3 is 30.0 Å². The molecule has 0 fully saturated rings. The zero-order chi connectivity index (χ0) is 25.7. The van der Waals surface area contributed by atoms with Crippen molar-refractivity contribution in [3.63, 3.8) is 0 Å². The van der Waals surface area contributed by atoms with E-state index in [0.29, 0.717) is 54.1 Å². The van der Waals surface area contributed by atoms with E-state index in [1.165, 1.54) is 27.2 Å². The molecule has 0 radical (unpaired) electrons. The van der Waals surface area contributed by atoms with Gasteiger partial charge in [0.1, 0.15) is 6.04 Å². The van der Waals surface area contributed by atoms with Gasteiger partial charge in [-0.25, -0.2) is 4.79 Å². The van der Waals surface area contributed by atoms with Crippen molar-refractivity contribution in [1.29, 1.82) is 0 Å². The lowest BCUT2D eigenvalue weighted by Crippen LogP contribution is -2.31. The van der Waals surface area contributed by atoms with Crippen LogP contribution in [0.2, 0.25) is 0 Å². The average Bonchev–Trinajstić information content (AvgIpc) is 3.06. The van der Waals surface area contributed by atoms with Gasteiger partial charge in [-0.2, -0.15) is 0 Å². The molecule has 1 amide bonds. The first-order chi connectivity index (χ1) is 16.7. The van der Waals surface area contributed by atoms with Crippen molar-refractivity contribution < 1.29 is 28.9 Å². The summed E-state index contributed by atoms with van der Waals surface area (Å²) in [7, 11) is 4.60. The molecule has 0 heterocycles. The predicted octanol–water partition coefficient (Wildman–Crippen LogP) is 3.53. The standard InChI is InChI=1S/C26H32N2O7/c1-6-7-20(26(31)32)28-19-11-9-16-17(13-21(19)30)18(27-14(2)29)10-8-15-12-22(33-3)24(34-4)25(35-5)23(15)16/h9,11-13,18,20H,6-8,10H2,1-5H3,(H,27,29)(H,28,30)(H,31,32).